The minimum Gasteiger partial charge on any atom is -0.365 e. The number of aromatic nitrogens is 2. The molecule has 0 saturated carbocycles. The molecule has 0 amide bonds. The second-order valence-corrected chi connectivity index (χ2v) is 7.61. The van der Waals surface area contributed by atoms with Gasteiger partial charge in [-0.25, -0.2) is 9.97 Å². The van der Waals surface area contributed by atoms with E-state index < -0.39 is 0 Å². The van der Waals surface area contributed by atoms with E-state index in [1.54, 1.807) is 6.33 Å². The van der Waals surface area contributed by atoms with Crippen molar-refractivity contribution in [2.45, 2.75) is 40.5 Å². The van der Waals surface area contributed by atoms with Gasteiger partial charge in [0.05, 0.1) is 5.52 Å². The minimum absolute atomic E-state index is 0.218. The highest BCUT2D eigenvalue weighted by atomic mass is 15.0. The van der Waals surface area contributed by atoms with E-state index in [1.807, 2.05) is 0 Å². The number of benzene rings is 1. The van der Waals surface area contributed by atoms with Gasteiger partial charge in [0.25, 0.3) is 0 Å². The van der Waals surface area contributed by atoms with Gasteiger partial charge in [0, 0.05) is 17.5 Å². The van der Waals surface area contributed by atoms with Crippen LogP contribution in [0.1, 0.15) is 46.1 Å². The van der Waals surface area contributed by atoms with Crippen LogP contribution >= 0.6 is 0 Å². The molecule has 2 aromatic rings. The maximum Gasteiger partial charge on any atom is 0.137 e. The third-order valence-corrected chi connectivity index (χ3v) is 4.67. The summed E-state index contributed by atoms with van der Waals surface area (Å²) < 4.78 is 0. The van der Waals surface area contributed by atoms with Crippen LogP contribution < -0.4 is 5.32 Å². The molecule has 1 aliphatic carbocycles. The van der Waals surface area contributed by atoms with E-state index in [0.717, 1.165) is 47.2 Å². The molecule has 0 radical (unpaired) electrons. The Kier molecular flexibility index (Phi) is 4.76. The average Bonchev–Trinajstić information content (AvgIpc) is 2.57. The summed E-state index contributed by atoms with van der Waals surface area (Å²) in [6.07, 6.45) is 8.32. The Hall–Kier alpha value is -2.42. The van der Waals surface area contributed by atoms with Gasteiger partial charge in [-0.15, -0.1) is 0 Å². The molecule has 0 fully saturated rings. The average molecular weight is 333 g/mol. The fourth-order valence-corrected chi connectivity index (χ4v) is 3.67. The van der Waals surface area contributed by atoms with Crippen molar-refractivity contribution in [1.29, 1.82) is 0 Å². The van der Waals surface area contributed by atoms with Crippen LogP contribution in [0, 0.1) is 5.41 Å². The van der Waals surface area contributed by atoms with Crippen molar-refractivity contribution in [3.63, 3.8) is 0 Å². The summed E-state index contributed by atoms with van der Waals surface area (Å²) >= 11 is 0. The Morgan fingerprint density at radius 3 is 2.80 bits per heavy atom. The van der Waals surface area contributed by atoms with Crippen molar-refractivity contribution in [2.75, 3.05) is 11.9 Å². The molecule has 1 aromatic carbocycles. The van der Waals surface area contributed by atoms with Crippen molar-refractivity contribution in [1.82, 2.24) is 9.97 Å². The molecule has 25 heavy (non-hydrogen) atoms. The van der Waals surface area contributed by atoms with E-state index in [4.69, 9.17) is 0 Å². The maximum atomic E-state index is 4.50. The van der Waals surface area contributed by atoms with Crippen molar-refractivity contribution in [2.24, 2.45) is 5.41 Å². The Labute approximate surface area is 150 Å². The molecule has 1 aliphatic rings. The van der Waals surface area contributed by atoms with Crippen LogP contribution in [0.15, 0.2) is 54.4 Å². The van der Waals surface area contributed by atoms with E-state index >= 15 is 0 Å². The number of nitrogens with one attached hydrogen (secondary N) is 1. The molecule has 0 spiro atoms. The first-order valence-corrected chi connectivity index (χ1v) is 8.94. The van der Waals surface area contributed by atoms with Gasteiger partial charge in [-0.3, -0.25) is 0 Å². The van der Waals surface area contributed by atoms with Crippen LogP contribution in [0.2, 0.25) is 0 Å². The number of para-hydroxylation sites is 1. The first-order chi connectivity index (χ1) is 11.9. The van der Waals surface area contributed by atoms with Crippen LogP contribution in [0.25, 0.3) is 16.5 Å². The van der Waals surface area contributed by atoms with Crippen LogP contribution in [0.4, 0.5) is 5.82 Å². The van der Waals surface area contributed by atoms with Crippen LogP contribution in [-0.2, 0) is 0 Å². The van der Waals surface area contributed by atoms with Gasteiger partial charge in [0.2, 0.25) is 0 Å². The lowest BCUT2D eigenvalue weighted by Crippen LogP contribution is -2.16. The molecule has 1 aromatic heterocycles. The molecule has 1 heterocycles. The summed E-state index contributed by atoms with van der Waals surface area (Å²) in [5.74, 6) is 0.881. The summed E-state index contributed by atoms with van der Waals surface area (Å²) in [6, 6.07) is 6.22. The number of hydrogen-bond donors (Lipinski definition) is 1. The second-order valence-electron chi connectivity index (χ2n) is 7.61. The lowest BCUT2D eigenvalue weighted by Gasteiger charge is -2.27. The molecule has 0 atom stereocenters. The SMILES string of the molecule is C=C(CC)c1cccc2c(NCC3=CC(C)(C)CC(C)=C3)ncnc12. The lowest BCUT2D eigenvalue weighted by molar-refractivity contribution is 0.466. The molecule has 0 unspecified atom stereocenters. The third-order valence-electron chi connectivity index (χ3n) is 4.67. The zero-order valence-corrected chi connectivity index (χ0v) is 15.7. The number of anilines is 1. The number of allylic oxidation sites excluding steroid dienone is 3. The summed E-state index contributed by atoms with van der Waals surface area (Å²) in [7, 11) is 0. The first kappa shape index (κ1) is 17.4. The fraction of sp³-hybridized carbons (Fsp3) is 0.364. The summed E-state index contributed by atoms with van der Waals surface area (Å²) in [5, 5.41) is 4.55. The van der Waals surface area contributed by atoms with E-state index in [-0.39, 0.29) is 5.41 Å². The normalized spacial score (nSPS) is 16.3. The zero-order chi connectivity index (χ0) is 18.0. The van der Waals surface area contributed by atoms with Gasteiger partial charge in [-0.2, -0.15) is 0 Å². The van der Waals surface area contributed by atoms with Crippen LogP contribution in [0.5, 0.6) is 0 Å². The molecule has 0 saturated heterocycles. The Morgan fingerprint density at radius 2 is 2.08 bits per heavy atom. The highest BCUT2D eigenvalue weighted by molar-refractivity contribution is 5.96. The van der Waals surface area contributed by atoms with E-state index in [0.29, 0.717) is 0 Å². The van der Waals surface area contributed by atoms with Gasteiger partial charge in [-0.05, 0) is 42.4 Å². The first-order valence-electron chi connectivity index (χ1n) is 8.94. The quantitative estimate of drug-likeness (QED) is 0.755. The van der Waals surface area contributed by atoms with E-state index in [1.165, 1.54) is 11.1 Å². The minimum atomic E-state index is 0.218. The van der Waals surface area contributed by atoms with E-state index in [9.17, 15) is 0 Å². The number of hydrogen-bond acceptors (Lipinski definition) is 3. The highest BCUT2D eigenvalue weighted by Crippen LogP contribution is 2.33. The van der Waals surface area contributed by atoms with Gasteiger partial charge in [0.15, 0.2) is 0 Å². The van der Waals surface area contributed by atoms with Gasteiger partial charge in [-0.1, -0.05) is 57.2 Å². The van der Waals surface area contributed by atoms with Gasteiger partial charge < -0.3 is 5.32 Å². The van der Waals surface area contributed by atoms with E-state index in [2.05, 4.69) is 79.9 Å². The van der Waals surface area contributed by atoms with Crippen LogP contribution in [0.3, 0.4) is 0 Å². The predicted octanol–water partition coefficient (Wildman–Crippen LogP) is 5.77. The third kappa shape index (κ3) is 3.81. The van der Waals surface area contributed by atoms with Crippen molar-refractivity contribution < 1.29 is 0 Å². The monoisotopic (exact) mass is 333 g/mol. The lowest BCUT2D eigenvalue weighted by atomic mass is 9.80. The Balaban J connectivity index is 1.90. The molecular formula is C22H27N3. The topological polar surface area (TPSA) is 37.8 Å². The standard InChI is InChI=1S/C22H27N3/c1-6-16(3)18-8-7-9-19-20(18)24-14-25-21(19)23-13-17-10-15(2)11-22(4,5)12-17/h7-10,12,14H,3,6,11,13H2,1-2,4-5H3,(H,23,24,25). The summed E-state index contributed by atoms with van der Waals surface area (Å²) in [6.45, 7) is 13.8. The predicted molar refractivity (Wildman–Crippen MR) is 108 cm³/mol. The molecule has 130 valence electrons. The molecule has 1 N–H and O–H groups in total. The number of fused-ring (bicyclic) bond motifs is 1. The smallest absolute Gasteiger partial charge is 0.137 e. The molecule has 3 heteroatoms. The summed E-state index contributed by atoms with van der Waals surface area (Å²) in [5.41, 5.74) is 6.14. The van der Waals surface area contributed by atoms with Gasteiger partial charge in [0.1, 0.15) is 12.1 Å². The van der Waals surface area contributed by atoms with Crippen molar-refractivity contribution in [3.05, 3.63) is 60.0 Å². The molecule has 3 nitrogen and oxygen atoms in total. The highest BCUT2D eigenvalue weighted by Gasteiger charge is 2.20. The number of nitrogens with zero attached hydrogens (tertiary/aromatic N) is 2. The van der Waals surface area contributed by atoms with Crippen molar-refractivity contribution >= 4 is 22.3 Å². The fourth-order valence-electron chi connectivity index (χ4n) is 3.67. The maximum absolute atomic E-state index is 4.50. The second kappa shape index (κ2) is 6.83. The number of rotatable bonds is 5. The Bertz CT molecular complexity index is 872. The molecule has 0 bridgehead atoms. The van der Waals surface area contributed by atoms with Crippen molar-refractivity contribution in [3.8, 4) is 0 Å². The van der Waals surface area contributed by atoms with Crippen LogP contribution in [-0.4, -0.2) is 16.5 Å². The zero-order valence-electron chi connectivity index (χ0n) is 15.7. The van der Waals surface area contributed by atoms with Gasteiger partial charge >= 0.3 is 0 Å². The molecule has 0 aliphatic heterocycles. The largest absolute Gasteiger partial charge is 0.365 e. The summed E-state index contributed by atoms with van der Waals surface area (Å²) in [4.78, 5) is 8.98. The Morgan fingerprint density at radius 1 is 1.28 bits per heavy atom. The molecule has 3 rings (SSSR count). The molecular weight excluding hydrogens is 306 g/mol.